The lowest BCUT2D eigenvalue weighted by Crippen LogP contribution is -2.09. The number of hydrogen-bond acceptors (Lipinski definition) is 2. The average Bonchev–Trinajstić information content (AvgIpc) is 2.68. The Labute approximate surface area is 103 Å². The lowest BCUT2D eigenvalue weighted by atomic mass is 10.0. The molecule has 0 aromatic heterocycles. The Morgan fingerprint density at radius 2 is 2.19 bits per heavy atom. The molecule has 0 saturated carbocycles. The fourth-order valence-corrected chi connectivity index (χ4v) is 3.14. The molecular weight excluding hydrogens is 216 g/mol. The molecule has 1 aliphatic rings. The van der Waals surface area contributed by atoms with Crippen molar-refractivity contribution in [3.63, 3.8) is 0 Å². The number of hydrogen-bond donors (Lipinski definition) is 0. The summed E-state index contributed by atoms with van der Waals surface area (Å²) in [6, 6.07) is 8.71. The molecule has 0 aliphatic carbocycles. The van der Waals surface area contributed by atoms with Gasteiger partial charge in [0.25, 0.3) is 0 Å². The van der Waals surface area contributed by atoms with Crippen molar-refractivity contribution in [2.75, 3.05) is 19.0 Å². The van der Waals surface area contributed by atoms with Gasteiger partial charge in [-0.15, -0.1) is 11.8 Å². The lowest BCUT2D eigenvalue weighted by molar-refractivity contribution is 0.114. The third-order valence-electron chi connectivity index (χ3n) is 2.96. The molecule has 0 radical (unpaired) electrons. The van der Waals surface area contributed by atoms with E-state index in [0.29, 0.717) is 5.92 Å². The highest BCUT2D eigenvalue weighted by atomic mass is 32.2. The average molecular weight is 236 g/mol. The molecular formula is C14H20OS. The molecule has 88 valence electrons. The molecule has 0 saturated heterocycles. The normalized spacial score (nSPS) is 19.1. The quantitative estimate of drug-likeness (QED) is 0.716. The van der Waals surface area contributed by atoms with Crippen LogP contribution in [0.5, 0.6) is 0 Å². The Kier molecular flexibility index (Phi) is 4.30. The van der Waals surface area contributed by atoms with E-state index in [2.05, 4.69) is 38.1 Å². The first-order valence-corrected chi connectivity index (χ1v) is 7.05. The second-order valence-electron chi connectivity index (χ2n) is 4.80. The summed E-state index contributed by atoms with van der Waals surface area (Å²) in [5.74, 6) is 2.53. The monoisotopic (exact) mass is 236 g/mol. The number of ether oxygens (including phenoxy) is 1. The van der Waals surface area contributed by atoms with Gasteiger partial charge in [-0.1, -0.05) is 32.0 Å². The zero-order valence-corrected chi connectivity index (χ0v) is 10.9. The van der Waals surface area contributed by atoms with Crippen LogP contribution < -0.4 is 0 Å². The van der Waals surface area contributed by atoms with Crippen LogP contribution >= 0.6 is 11.8 Å². The van der Waals surface area contributed by atoms with Gasteiger partial charge in [0, 0.05) is 23.2 Å². The van der Waals surface area contributed by atoms with Crippen LogP contribution in [-0.4, -0.2) is 19.0 Å². The standard InChI is InChI=1S/C14H20OS/c1-11(2)7-8-15-9-12-10-16-14-6-4-3-5-13(12)14/h3-6,11-12H,7-10H2,1-2H3. The molecule has 0 amide bonds. The Balaban J connectivity index is 1.80. The summed E-state index contributed by atoms with van der Waals surface area (Å²) < 4.78 is 5.77. The van der Waals surface area contributed by atoms with E-state index in [1.165, 1.54) is 22.6 Å². The summed E-state index contributed by atoms with van der Waals surface area (Å²) in [5, 5.41) is 0. The van der Waals surface area contributed by atoms with Gasteiger partial charge in [-0.05, 0) is 24.0 Å². The molecule has 0 bridgehead atoms. The van der Waals surface area contributed by atoms with Gasteiger partial charge in [-0.3, -0.25) is 0 Å². The van der Waals surface area contributed by atoms with Gasteiger partial charge in [-0.2, -0.15) is 0 Å². The van der Waals surface area contributed by atoms with Crippen molar-refractivity contribution in [2.24, 2.45) is 5.92 Å². The number of benzene rings is 1. The van der Waals surface area contributed by atoms with Crippen LogP contribution in [0.4, 0.5) is 0 Å². The maximum Gasteiger partial charge on any atom is 0.0543 e. The van der Waals surface area contributed by atoms with Crippen LogP contribution in [0, 0.1) is 5.92 Å². The molecule has 2 rings (SSSR count). The molecule has 16 heavy (non-hydrogen) atoms. The largest absolute Gasteiger partial charge is 0.381 e. The first-order valence-electron chi connectivity index (χ1n) is 6.07. The van der Waals surface area contributed by atoms with Crippen molar-refractivity contribution in [3.8, 4) is 0 Å². The zero-order valence-electron chi connectivity index (χ0n) is 10.1. The van der Waals surface area contributed by atoms with Gasteiger partial charge >= 0.3 is 0 Å². The molecule has 1 atom stereocenters. The number of fused-ring (bicyclic) bond motifs is 1. The van der Waals surface area contributed by atoms with Gasteiger partial charge in [0.1, 0.15) is 0 Å². The third kappa shape index (κ3) is 3.02. The predicted molar refractivity (Wildman–Crippen MR) is 70.2 cm³/mol. The molecule has 1 aromatic carbocycles. The van der Waals surface area contributed by atoms with Crippen molar-refractivity contribution in [3.05, 3.63) is 29.8 Å². The highest BCUT2D eigenvalue weighted by molar-refractivity contribution is 7.99. The second kappa shape index (κ2) is 5.74. The molecule has 1 heterocycles. The maximum atomic E-state index is 5.77. The summed E-state index contributed by atoms with van der Waals surface area (Å²) in [6.07, 6.45) is 1.17. The van der Waals surface area contributed by atoms with E-state index in [1.807, 2.05) is 11.8 Å². The highest BCUT2D eigenvalue weighted by Gasteiger charge is 2.22. The Morgan fingerprint density at radius 1 is 1.38 bits per heavy atom. The minimum atomic E-state index is 0.605. The van der Waals surface area contributed by atoms with Crippen LogP contribution in [-0.2, 0) is 4.74 Å². The van der Waals surface area contributed by atoms with E-state index in [9.17, 15) is 0 Å². The molecule has 1 nitrogen and oxygen atoms in total. The molecule has 2 heteroatoms. The maximum absolute atomic E-state index is 5.77. The Bertz CT molecular complexity index is 335. The number of thioether (sulfide) groups is 1. The van der Waals surface area contributed by atoms with E-state index >= 15 is 0 Å². The van der Waals surface area contributed by atoms with E-state index in [-0.39, 0.29) is 0 Å². The predicted octanol–water partition coefficient (Wildman–Crippen LogP) is 3.94. The van der Waals surface area contributed by atoms with Crippen LogP contribution in [0.1, 0.15) is 31.7 Å². The Morgan fingerprint density at radius 3 is 3.00 bits per heavy atom. The summed E-state index contributed by atoms with van der Waals surface area (Å²) in [5.41, 5.74) is 1.48. The van der Waals surface area contributed by atoms with E-state index < -0.39 is 0 Å². The smallest absolute Gasteiger partial charge is 0.0543 e. The first kappa shape index (κ1) is 12.0. The minimum absolute atomic E-state index is 0.605. The molecule has 0 N–H and O–H groups in total. The zero-order chi connectivity index (χ0) is 11.4. The summed E-state index contributed by atoms with van der Waals surface area (Å²) in [7, 11) is 0. The van der Waals surface area contributed by atoms with Gasteiger partial charge in [0.15, 0.2) is 0 Å². The van der Waals surface area contributed by atoms with Crippen molar-refractivity contribution in [1.82, 2.24) is 0 Å². The van der Waals surface area contributed by atoms with Gasteiger partial charge < -0.3 is 4.74 Å². The fraction of sp³-hybridized carbons (Fsp3) is 0.571. The molecule has 1 aromatic rings. The fourth-order valence-electron chi connectivity index (χ4n) is 1.91. The van der Waals surface area contributed by atoms with Crippen molar-refractivity contribution in [2.45, 2.75) is 31.1 Å². The first-order chi connectivity index (χ1) is 7.77. The van der Waals surface area contributed by atoms with Crippen LogP contribution in [0.3, 0.4) is 0 Å². The lowest BCUT2D eigenvalue weighted by Gasteiger charge is -2.12. The molecule has 0 spiro atoms. The van der Waals surface area contributed by atoms with Gasteiger partial charge in [0.2, 0.25) is 0 Å². The van der Waals surface area contributed by atoms with Gasteiger partial charge in [0.05, 0.1) is 6.61 Å². The summed E-state index contributed by atoms with van der Waals surface area (Å²) >= 11 is 1.96. The van der Waals surface area contributed by atoms with Crippen molar-refractivity contribution < 1.29 is 4.74 Å². The topological polar surface area (TPSA) is 9.23 Å². The Hall–Kier alpha value is -0.470. The molecule has 1 unspecified atom stereocenters. The molecule has 1 aliphatic heterocycles. The van der Waals surface area contributed by atoms with Crippen LogP contribution in [0.25, 0.3) is 0 Å². The van der Waals surface area contributed by atoms with Crippen molar-refractivity contribution in [1.29, 1.82) is 0 Å². The highest BCUT2D eigenvalue weighted by Crippen LogP contribution is 2.39. The van der Waals surface area contributed by atoms with Crippen LogP contribution in [0.2, 0.25) is 0 Å². The minimum Gasteiger partial charge on any atom is -0.381 e. The second-order valence-corrected chi connectivity index (χ2v) is 5.87. The molecule has 0 fully saturated rings. The summed E-state index contributed by atoms with van der Waals surface area (Å²) in [6.45, 7) is 6.27. The van der Waals surface area contributed by atoms with Crippen molar-refractivity contribution >= 4 is 11.8 Å². The van der Waals surface area contributed by atoms with E-state index in [4.69, 9.17) is 4.74 Å². The number of rotatable bonds is 5. The van der Waals surface area contributed by atoms with E-state index in [1.54, 1.807) is 0 Å². The SMILES string of the molecule is CC(C)CCOCC1CSc2ccccc21. The van der Waals surface area contributed by atoms with Gasteiger partial charge in [-0.25, -0.2) is 0 Å². The van der Waals surface area contributed by atoms with E-state index in [0.717, 1.165) is 19.1 Å². The third-order valence-corrected chi connectivity index (χ3v) is 4.21. The summed E-state index contributed by atoms with van der Waals surface area (Å²) in [4.78, 5) is 1.44. The van der Waals surface area contributed by atoms with Crippen LogP contribution in [0.15, 0.2) is 29.2 Å².